The lowest BCUT2D eigenvalue weighted by Gasteiger charge is -2.50. The maximum atomic E-state index is 12.8. The predicted octanol–water partition coefficient (Wildman–Crippen LogP) is 2.26. The first-order valence-corrected chi connectivity index (χ1v) is 6.20. The SMILES string of the molecule is CC1(C)C(=O)NC2(COC2)c2ccc(C(F)F)cc21. The summed E-state index contributed by atoms with van der Waals surface area (Å²) in [5, 5.41) is 2.97. The van der Waals surface area contributed by atoms with Crippen LogP contribution in [-0.2, 0) is 20.5 Å². The molecule has 1 N–H and O–H groups in total. The number of ether oxygens (including phenoxy) is 1. The highest BCUT2D eigenvalue weighted by molar-refractivity contribution is 5.91. The Labute approximate surface area is 109 Å². The zero-order valence-electron chi connectivity index (χ0n) is 10.8. The molecular weight excluding hydrogens is 252 g/mol. The van der Waals surface area contributed by atoms with E-state index in [9.17, 15) is 13.6 Å². The fraction of sp³-hybridized carbons (Fsp3) is 0.500. The van der Waals surface area contributed by atoms with E-state index in [1.807, 2.05) is 0 Å². The van der Waals surface area contributed by atoms with Crippen LogP contribution in [0.2, 0.25) is 0 Å². The lowest BCUT2D eigenvalue weighted by atomic mass is 9.70. The van der Waals surface area contributed by atoms with Gasteiger partial charge in [-0.2, -0.15) is 0 Å². The monoisotopic (exact) mass is 267 g/mol. The molecule has 0 aromatic heterocycles. The lowest BCUT2D eigenvalue weighted by molar-refractivity contribution is -0.141. The minimum absolute atomic E-state index is 0.0445. The Morgan fingerprint density at radius 1 is 1.26 bits per heavy atom. The van der Waals surface area contributed by atoms with Gasteiger partial charge in [-0.05, 0) is 31.0 Å². The summed E-state index contributed by atoms with van der Waals surface area (Å²) >= 11 is 0. The summed E-state index contributed by atoms with van der Waals surface area (Å²) in [5.74, 6) is -0.144. The summed E-state index contributed by atoms with van der Waals surface area (Å²) in [6.45, 7) is 4.30. The molecule has 0 aliphatic carbocycles. The Balaban J connectivity index is 2.20. The number of amides is 1. The number of nitrogens with one attached hydrogen (secondary N) is 1. The van der Waals surface area contributed by atoms with Crippen molar-refractivity contribution in [2.75, 3.05) is 13.2 Å². The molecule has 2 aliphatic rings. The molecule has 0 unspecified atom stereocenters. The Morgan fingerprint density at radius 2 is 1.95 bits per heavy atom. The molecule has 2 heterocycles. The first-order chi connectivity index (χ1) is 8.87. The zero-order chi connectivity index (χ0) is 13.8. The molecule has 0 radical (unpaired) electrons. The molecule has 1 fully saturated rings. The maximum Gasteiger partial charge on any atom is 0.263 e. The van der Waals surface area contributed by atoms with Gasteiger partial charge in [0.25, 0.3) is 6.43 Å². The van der Waals surface area contributed by atoms with E-state index < -0.39 is 17.4 Å². The third-order valence-electron chi connectivity index (χ3n) is 4.10. The highest BCUT2D eigenvalue weighted by Gasteiger charge is 2.51. The molecule has 0 bridgehead atoms. The van der Waals surface area contributed by atoms with Gasteiger partial charge >= 0.3 is 0 Å². The number of carbonyl (C=O) groups is 1. The molecule has 1 saturated heterocycles. The Bertz CT molecular complexity index is 550. The van der Waals surface area contributed by atoms with Crippen molar-refractivity contribution in [2.24, 2.45) is 0 Å². The first-order valence-electron chi connectivity index (χ1n) is 6.20. The van der Waals surface area contributed by atoms with Crippen molar-refractivity contribution in [1.82, 2.24) is 5.32 Å². The van der Waals surface area contributed by atoms with Gasteiger partial charge in [0.15, 0.2) is 0 Å². The van der Waals surface area contributed by atoms with Crippen molar-refractivity contribution in [2.45, 2.75) is 31.2 Å². The largest absolute Gasteiger partial charge is 0.376 e. The quantitative estimate of drug-likeness (QED) is 0.847. The van der Waals surface area contributed by atoms with Gasteiger partial charge in [0.05, 0.1) is 18.6 Å². The molecule has 1 spiro atoms. The number of alkyl halides is 2. The van der Waals surface area contributed by atoms with E-state index in [2.05, 4.69) is 5.32 Å². The Hall–Kier alpha value is -1.49. The van der Waals surface area contributed by atoms with Gasteiger partial charge in [0.1, 0.15) is 5.54 Å². The van der Waals surface area contributed by atoms with Crippen LogP contribution in [-0.4, -0.2) is 19.1 Å². The number of fused-ring (bicyclic) bond motifs is 2. The predicted molar refractivity (Wildman–Crippen MR) is 65.1 cm³/mol. The second kappa shape index (κ2) is 3.76. The summed E-state index contributed by atoms with van der Waals surface area (Å²) in [6, 6.07) is 4.58. The van der Waals surface area contributed by atoms with Crippen LogP contribution < -0.4 is 5.32 Å². The van der Waals surface area contributed by atoms with Crippen LogP contribution in [0.4, 0.5) is 8.78 Å². The van der Waals surface area contributed by atoms with Crippen molar-refractivity contribution in [3.63, 3.8) is 0 Å². The third kappa shape index (κ3) is 1.61. The zero-order valence-corrected chi connectivity index (χ0v) is 10.8. The average Bonchev–Trinajstić information content (AvgIpc) is 2.31. The van der Waals surface area contributed by atoms with Gasteiger partial charge in [-0.3, -0.25) is 4.79 Å². The summed E-state index contributed by atoms with van der Waals surface area (Å²) < 4.78 is 30.9. The van der Waals surface area contributed by atoms with Crippen LogP contribution in [0, 0.1) is 0 Å². The van der Waals surface area contributed by atoms with Crippen LogP contribution in [0.15, 0.2) is 18.2 Å². The summed E-state index contributed by atoms with van der Waals surface area (Å²) in [5.41, 5.74) is 0.200. The van der Waals surface area contributed by atoms with E-state index in [0.717, 1.165) is 5.56 Å². The van der Waals surface area contributed by atoms with Crippen LogP contribution in [0.5, 0.6) is 0 Å². The molecule has 0 saturated carbocycles. The molecule has 102 valence electrons. The number of hydrogen-bond acceptors (Lipinski definition) is 2. The highest BCUT2D eigenvalue weighted by Crippen LogP contribution is 2.43. The topological polar surface area (TPSA) is 38.3 Å². The number of rotatable bonds is 1. The molecule has 3 nitrogen and oxygen atoms in total. The van der Waals surface area contributed by atoms with Crippen molar-refractivity contribution in [1.29, 1.82) is 0 Å². The molecule has 19 heavy (non-hydrogen) atoms. The van der Waals surface area contributed by atoms with E-state index in [1.54, 1.807) is 19.9 Å². The van der Waals surface area contributed by atoms with Crippen molar-refractivity contribution in [3.05, 3.63) is 34.9 Å². The number of halogens is 2. The van der Waals surface area contributed by atoms with Gasteiger partial charge < -0.3 is 10.1 Å². The van der Waals surface area contributed by atoms with Crippen LogP contribution in [0.3, 0.4) is 0 Å². The third-order valence-corrected chi connectivity index (χ3v) is 4.10. The average molecular weight is 267 g/mol. The number of carbonyl (C=O) groups excluding carboxylic acids is 1. The fourth-order valence-electron chi connectivity index (χ4n) is 2.73. The van der Waals surface area contributed by atoms with E-state index in [-0.39, 0.29) is 11.5 Å². The molecule has 3 rings (SSSR count). The lowest BCUT2D eigenvalue weighted by Crippen LogP contribution is -2.66. The van der Waals surface area contributed by atoms with Gasteiger partial charge in [0.2, 0.25) is 5.91 Å². The highest BCUT2D eigenvalue weighted by atomic mass is 19.3. The molecular formula is C14H15F2NO2. The Morgan fingerprint density at radius 3 is 2.47 bits per heavy atom. The van der Waals surface area contributed by atoms with Gasteiger partial charge in [-0.1, -0.05) is 12.1 Å². The molecule has 1 aromatic rings. The Kier molecular flexibility index (Phi) is 2.48. The van der Waals surface area contributed by atoms with Gasteiger partial charge in [0, 0.05) is 5.56 Å². The van der Waals surface area contributed by atoms with Crippen LogP contribution in [0.1, 0.15) is 37.0 Å². The molecule has 0 atom stereocenters. The smallest absolute Gasteiger partial charge is 0.263 e. The summed E-state index contributed by atoms with van der Waals surface area (Å²) in [4.78, 5) is 12.2. The summed E-state index contributed by atoms with van der Waals surface area (Å²) in [6.07, 6.45) is -2.53. The van der Waals surface area contributed by atoms with E-state index in [1.165, 1.54) is 12.1 Å². The molecule has 2 aliphatic heterocycles. The van der Waals surface area contributed by atoms with E-state index in [0.29, 0.717) is 18.8 Å². The standard InChI is InChI=1S/C14H15F2NO2/c1-13(2)10-5-8(11(15)16)3-4-9(10)14(6-19-7-14)17-12(13)18/h3-5,11H,6-7H2,1-2H3,(H,17,18). The van der Waals surface area contributed by atoms with Gasteiger partial charge in [-0.15, -0.1) is 0 Å². The molecule has 1 amide bonds. The second-order valence-corrected chi connectivity index (χ2v) is 5.76. The fourth-order valence-corrected chi connectivity index (χ4v) is 2.73. The number of hydrogen-bond donors (Lipinski definition) is 1. The van der Waals surface area contributed by atoms with Crippen LogP contribution >= 0.6 is 0 Å². The first kappa shape index (κ1) is 12.5. The van der Waals surface area contributed by atoms with E-state index in [4.69, 9.17) is 4.74 Å². The van der Waals surface area contributed by atoms with E-state index >= 15 is 0 Å². The van der Waals surface area contributed by atoms with Crippen molar-refractivity contribution < 1.29 is 18.3 Å². The van der Waals surface area contributed by atoms with Crippen LogP contribution in [0.25, 0.3) is 0 Å². The minimum Gasteiger partial charge on any atom is -0.376 e. The van der Waals surface area contributed by atoms with Gasteiger partial charge in [-0.25, -0.2) is 8.78 Å². The van der Waals surface area contributed by atoms with Crippen molar-refractivity contribution in [3.8, 4) is 0 Å². The van der Waals surface area contributed by atoms with Crippen molar-refractivity contribution >= 4 is 5.91 Å². The maximum absolute atomic E-state index is 12.8. The normalized spacial score (nSPS) is 22.9. The number of benzene rings is 1. The molecule has 1 aromatic carbocycles. The second-order valence-electron chi connectivity index (χ2n) is 5.76. The molecule has 5 heteroatoms. The minimum atomic E-state index is -2.53. The summed E-state index contributed by atoms with van der Waals surface area (Å²) in [7, 11) is 0.